The number of sulfonamides is 1. The number of thiophene rings is 1. The number of benzene rings is 8. The normalized spacial score (nSPS) is 14.1. The zero-order valence-electron chi connectivity index (χ0n) is 62.2. The van der Waals surface area contributed by atoms with Crippen molar-refractivity contribution in [3.8, 4) is 17.4 Å². The fourth-order valence-corrected chi connectivity index (χ4v) is 16.1. The Morgan fingerprint density at radius 1 is 0.639 bits per heavy atom. The maximum atomic E-state index is 12.7. The fraction of sp³-hybridized carbons (Fsp3) is 0.0805. The summed E-state index contributed by atoms with van der Waals surface area (Å²) in [5, 5.41) is 58.6. The lowest BCUT2D eigenvalue weighted by atomic mass is 10.0. The van der Waals surface area contributed by atoms with E-state index in [1.165, 1.54) is 35.6 Å². The molecule has 119 heavy (non-hydrogen) atoms. The van der Waals surface area contributed by atoms with Gasteiger partial charge in [-0.2, -0.15) is 5.11 Å². The van der Waals surface area contributed by atoms with Crippen LogP contribution in [0.5, 0.6) is 17.4 Å². The minimum Gasteiger partial charge on any atom is -0.506 e. The molecule has 0 fully saturated rings. The number of aryl methyl sites for hydroxylation is 1. The Hall–Kier alpha value is -12.7. The van der Waals surface area contributed by atoms with E-state index in [1.807, 2.05) is 122 Å². The van der Waals surface area contributed by atoms with E-state index >= 15 is 0 Å². The van der Waals surface area contributed by atoms with Gasteiger partial charge in [0.25, 0.3) is 29.5 Å². The van der Waals surface area contributed by atoms with E-state index in [0.717, 1.165) is 98.1 Å². The van der Waals surface area contributed by atoms with Gasteiger partial charge in [0.1, 0.15) is 11.5 Å². The third-order valence-corrected chi connectivity index (χ3v) is 22.9. The number of phenols is 1. The Kier molecular flexibility index (Phi) is 27.1. The van der Waals surface area contributed by atoms with E-state index in [9.17, 15) is 52.2 Å². The summed E-state index contributed by atoms with van der Waals surface area (Å²) in [5.74, 6) is -0.963. The molecule has 602 valence electrons. The van der Waals surface area contributed by atoms with Crippen molar-refractivity contribution in [2.24, 2.45) is 15.4 Å². The van der Waals surface area contributed by atoms with Crippen LogP contribution in [-0.4, -0.2) is 97.1 Å². The predicted octanol–water partition coefficient (Wildman–Crippen LogP) is 19.1. The van der Waals surface area contributed by atoms with Crippen molar-refractivity contribution in [3.05, 3.63) is 306 Å². The summed E-state index contributed by atoms with van der Waals surface area (Å²) in [4.78, 5) is 102. The number of aromatic hydroxyl groups is 2. The Balaban J connectivity index is 0.000000138. The second-order valence-corrected chi connectivity index (χ2v) is 32.9. The number of phenolic OH excluding ortho intramolecular Hbond substituents is 1. The van der Waals surface area contributed by atoms with Crippen molar-refractivity contribution < 1.29 is 62.0 Å². The van der Waals surface area contributed by atoms with Crippen LogP contribution in [0.2, 0.25) is 0 Å². The molecule has 0 bridgehead atoms. The first kappa shape index (κ1) is 85.7. The number of primary sulfonamides is 1. The molecule has 4 aliphatic heterocycles. The molecule has 0 saturated heterocycles. The van der Waals surface area contributed by atoms with Crippen LogP contribution in [0.4, 0.5) is 34.1 Å². The molecule has 0 spiro atoms. The summed E-state index contributed by atoms with van der Waals surface area (Å²) in [6.07, 6.45) is 12.6. The van der Waals surface area contributed by atoms with Crippen LogP contribution in [0, 0.1) is 17.4 Å². The molecule has 0 aliphatic carbocycles. The number of imidazole rings is 1. The molecule has 13 aromatic rings. The van der Waals surface area contributed by atoms with Gasteiger partial charge in [-0.3, -0.25) is 33.6 Å². The number of ether oxygens (including phenoxy) is 1. The molecule has 8 aromatic carbocycles. The van der Waals surface area contributed by atoms with Gasteiger partial charge in [0.15, 0.2) is 5.69 Å². The minimum atomic E-state index is -3.74. The Bertz CT molecular complexity index is 6400. The monoisotopic (exact) mass is 1930 g/mol. The molecule has 32 heteroatoms. The first-order valence-electron chi connectivity index (χ1n) is 35.7. The van der Waals surface area contributed by atoms with E-state index in [0.29, 0.717) is 88.2 Å². The maximum Gasteiger partial charge on any atom is 0.303 e. The van der Waals surface area contributed by atoms with Gasteiger partial charge < -0.3 is 66.6 Å². The van der Waals surface area contributed by atoms with Crippen molar-refractivity contribution >= 4 is 225 Å². The lowest BCUT2D eigenvalue weighted by Crippen LogP contribution is -2.22. The summed E-state index contributed by atoms with van der Waals surface area (Å²) >= 11 is 13.6. The molecule has 9 heterocycles. The van der Waals surface area contributed by atoms with Crippen LogP contribution in [0.3, 0.4) is 0 Å². The number of carbonyl (C=O) groups excluding carboxylic acids is 6. The first-order valence-corrected chi connectivity index (χ1v) is 41.6. The number of carbonyl (C=O) groups is 7. The molecule has 0 unspecified atom stereocenters. The third-order valence-electron chi connectivity index (χ3n) is 18.7. The number of azo groups is 1. The number of aromatic nitrogens is 5. The fourth-order valence-electron chi connectivity index (χ4n) is 12.8. The van der Waals surface area contributed by atoms with E-state index in [-0.39, 0.29) is 65.7 Å². The molecule has 0 saturated carbocycles. The molecule has 4 aliphatic rings. The number of nitrogens with one attached hydrogen (secondary N) is 9. The lowest BCUT2D eigenvalue weighted by Gasteiger charge is -2.07. The summed E-state index contributed by atoms with van der Waals surface area (Å²) < 4.78 is 30.6. The van der Waals surface area contributed by atoms with Gasteiger partial charge in [-0.25, -0.2) is 18.5 Å². The van der Waals surface area contributed by atoms with Crippen LogP contribution in [0.25, 0.3) is 57.5 Å². The topological polar surface area (TPSA) is 410 Å². The number of amides is 5. The second-order valence-electron chi connectivity index (χ2n) is 26.5. The van der Waals surface area contributed by atoms with Crippen molar-refractivity contribution in [2.45, 2.75) is 45.6 Å². The van der Waals surface area contributed by atoms with Gasteiger partial charge >= 0.3 is 5.97 Å². The van der Waals surface area contributed by atoms with Crippen LogP contribution < -0.4 is 36.5 Å². The van der Waals surface area contributed by atoms with Gasteiger partial charge in [0.05, 0.1) is 72.0 Å². The highest BCUT2D eigenvalue weighted by atomic mass is 127. The van der Waals surface area contributed by atoms with Crippen molar-refractivity contribution in [1.29, 1.82) is 0 Å². The van der Waals surface area contributed by atoms with Crippen molar-refractivity contribution in [1.82, 2.24) is 30.2 Å². The number of H-pyrrole nitrogens is 4. The summed E-state index contributed by atoms with van der Waals surface area (Å²) in [5.41, 5.74) is 17.9. The second kappa shape index (κ2) is 37.7. The number of ketones is 1. The third kappa shape index (κ3) is 20.5. The number of nitrogens with two attached hydrogens (primary N) is 1. The number of aliphatic carboxylic acids is 1. The number of halogens is 4. The molecular weight excluding hydrogens is 1870 g/mol. The smallest absolute Gasteiger partial charge is 0.303 e. The number of methoxy groups -OCH3 is 1. The summed E-state index contributed by atoms with van der Waals surface area (Å²) in [7, 11) is -2.14. The number of hydrogen-bond donors (Lipinski definition) is 13. The van der Waals surface area contributed by atoms with Gasteiger partial charge in [0, 0.05) is 111 Å². The number of rotatable bonds is 16. The van der Waals surface area contributed by atoms with Gasteiger partial charge in [-0.15, -0.1) is 16.5 Å². The molecule has 5 amide bonds. The highest BCUT2D eigenvalue weighted by molar-refractivity contribution is 14.1. The lowest BCUT2D eigenvalue weighted by molar-refractivity contribution is -0.137. The Morgan fingerprint density at radius 2 is 1.24 bits per heavy atom. The quantitative estimate of drug-likeness (QED) is 0.0185. The van der Waals surface area contributed by atoms with Crippen LogP contribution in [0.15, 0.2) is 235 Å². The summed E-state index contributed by atoms with van der Waals surface area (Å²) in [6.45, 7) is 4.22. The highest BCUT2D eigenvalue weighted by Crippen LogP contribution is 2.42. The molecule has 0 atom stereocenters. The summed E-state index contributed by atoms with van der Waals surface area (Å²) in [6, 6.07) is 53.5. The molecular formula is C87H71Br3IN13O13S2. The Morgan fingerprint density at radius 3 is 1.83 bits per heavy atom. The van der Waals surface area contributed by atoms with Crippen molar-refractivity contribution in [2.75, 3.05) is 28.4 Å². The van der Waals surface area contributed by atoms with Crippen molar-refractivity contribution in [3.63, 3.8) is 0 Å². The first-order chi connectivity index (χ1) is 56.6. The van der Waals surface area contributed by atoms with Crippen LogP contribution in [0.1, 0.15) is 107 Å². The van der Waals surface area contributed by atoms with Gasteiger partial charge in [0.2, 0.25) is 21.7 Å². The average molecular weight is 1940 g/mol. The zero-order valence-corrected chi connectivity index (χ0v) is 70.8. The van der Waals surface area contributed by atoms with E-state index in [2.05, 4.69) is 132 Å². The maximum absolute atomic E-state index is 12.7. The minimum absolute atomic E-state index is 0. The molecule has 0 radical (unpaired) electrons. The number of anilines is 4. The van der Waals surface area contributed by atoms with E-state index in [4.69, 9.17) is 15.0 Å². The Labute approximate surface area is 724 Å². The largest absolute Gasteiger partial charge is 0.506 e. The predicted molar refractivity (Wildman–Crippen MR) is 482 cm³/mol. The number of nitrogens with zero attached hydrogens (tertiary/aromatic N) is 3. The standard InChI is InChI=1S/C26H25N3O4.C18H12N2O2S.C15H8Br2INO2.C14H11BrN4O3S.C13H11N3O2.CH4/c1-15-19(9-11-24(30)31)16(2)28-23(15)13-21-20-12-18(8-10-22(20)29-26(21)33)25(32)27-14-17-6-4-3-5-7-17;21-17(16-4-2-8-23-16)11-5-6-15-13(9-11)14(18(22)20-15)10-12-3-1-7-19-12;16-11-4-7(5-12(17)14(11)20)3-10-9-6-8(18)1-2-13(9)19-15(10)21;15-8-1-6-12-11(7-8)13(14(20)17-12)19-18-9-2-4-10(5-3-9)23(16,21)22;1-18-9-2-3-12-10(5-9)11(13(17)16-12)4-8-6-14-7-15-8;/h3-8,10,12-13,28H,9,11,14H2,1-2H3,(H,27,32)(H,29,33)(H,30,31);1-10,19H,(H,20,22);1-6,20H,(H,19,21);1-7,17,20H,(H2,16,21,22);2-7H,1H3,(H,14,15)(H,16,17);1H4/b21-13-;14-10-;;;11-4-;. The molecule has 5 aromatic heterocycles. The van der Waals surface area contributed by atoms with Gasteiger partial charge in [-0.05, 0) is 272 Å². The number of hydrogen-bond acceptors (Lipinski definition) is 16. The van der Waals surface area contributed by atoms with E-state index in [1.54, 1.807) is 105 Å². The molecule has 14 N–H and O–H groups in total. The number of aromatic amines is 4. The van der Waals surface area contributed by atoms with E-state index < -0.39 is 16.0 Å². The average Bonchev–Trinajstić information content (AvgIpc) is 1.66. The van der Waals surface area contributed by atoms with Crippen LogP contribution in [-0.2, 0) is 47.0 Å². The van der Waals surface area contributed by atoms with Crippen LogP contribution >= 0.6 is 81.7 Å². The highest BCUT2D eigenvalue weighted by Gasteiger charge is 2.30. The number of fused-ring (bicyclic) bond motifs is 5. The van der Waals surface area contributed by atoms with Gasteiger partial charge in [-0.1, -0.05) is 59.8 Å². The zero-order chi connectivity index (χ0) is 83.6. The SMILES string of the molecule is C.COc1ccc2c(c1)/C(=C/c1cnc[nH]1)C(=O)N2.Cc1[nH]c(/C=C2\C(=O)Nc3ccc(C(=O)NCc4ccccc4)cc32)c(C)c1CCC(=O)O.NS(=O)(=O)c1ccc(N=Nc2c(O)[nH]c3ccc(Br)cc23)cc1.O=C1Nc2ccc(C(=O)c3cccs3)cc2/C1=C/c1ccc[nH]1.O=C1Nc2ccc(I)cc2C1=Cc1cc(Br)c(O)c(Br)c1. The number of carboxylic acid groups (broad SMARTS) is 1. The number of carboxylic acids is 1. The molecule has 17 rings (SSSR count). The molecule has 26 nitrogen and oxygen atoms in total.